The van der Waals surface area contributed by atoms with E-state index in [1.54, 1.807) is 7.11 Å². The molecule has 0 aliphatic heterocycles. The van der Waals surface area contributed by atoms with E-state index in [2.05, 4.69) is 5.32 Å². The van der Waals surface area contributed by atoms with Crippen molar-refractivity contribution < 1.29 is 4.74 Å². The van der Waals surface area contributed by atoms with E-state index in [1.807, 2.05) is 38.2 Å². The van der Waals surface area contributed by atoms with Crippen molar-refractivity contribution in [3.8, 4) is 0 Å². The molecule has 0 radical (unpaired) electrons. The van der Waals surface area contributed by atoms with E-state index in [4.69, 9.17) is 16.3 Å². The lowest BCUT2D eigenvalue weighted by molar-refractivity contribution is 0.00424. The fraction of sp³-hybridized carbons (Fsp3) is 0.455. The van der Waals surface area contributed by atoms with Crippen LogP contribution in [0.15, 0.2) is 24.3 Å². The Labute approximate surface area is 90.2 Å². The number of halogens is 1. The van der Waals surface area contributed by atoms with Gasteiger partial charge in [0.2, 0.25) is 0 Å². The zero-order valence-electron chi connectivity index (χ0n) is 8.80. The largest absolute Gasteiger partial charge is 0.372 e. The second-order valence-electron chi connectivity index (χ2n) is 3.48. The van der Waals surface area contributed by atoms with Gasteiger partial charge >= 0.3 is 0 Å². The van der Waals surface area contributed by atoms with E-state index >= 15 is 0 Å². The fourth-order valence-electron chi connectivity index (χ4n) is 1.45. The summed E-state index contributed by atoms with van der Waals surface area (Å²) in [6, 6.07) is 7.75. The molecular formula is C11H16ClNO. The highest BCUT2D eigenvalue weighted by Gasteiger charge is 2.25. The molecule has 0 aliphatic carbocycles. The van der Waals surface area contributed by atoms with Gasteiger partial charge in [0, 0.05) is 18.7 Å². The zero-order chi connectivity index (χ0) is 10.6. The average molecular weight is 214 g/mol. The number of hydrogen-bond acceptors (Lipinski definition) is 2. The van der Waals surface area contributed by atoms with Crippen molar-refractivity contribution in [2.45, 2.75) is 12.5 Å². The summed E-state index contributed by atoms with van der Waals surface area (Å²) in [6.45, 7) is 2.79. The topological polar surface area (TPSA) is 21.3 Å². The highest BCUT2D eigenvalue weighted by Crippen LogP contribution is 2.25. The number of benzene rings is 1. The Hall–Kier alpha value is -0.570. The summed E-state index contributed by atoms with van der Waals surface area (Å²) in [5, 5.41) is 3.85. The number of likely N-dealkylation sites (N-methyl/N-ethyl adjacent to an activating group) is 1. The molecule has 1 aromatic rings. The van der Waals surface area contributed by atoms with Crippen LogP contribution < -0.4 is 5.32 Å². The molecule has 0 fully saturated rings. The highest BCUT2D eigenvalue weighted by molar-refractivity contribution is 6.30. The number of rotatable bonds is 4. The maximum absolute atomic E-state index is 5.93. The van der Waals surface area contributed by atoms with Gasteiger partial charge in [-0.2, -0.15) is 0 Å². The number of hydrogen-bond donors (Lipinski definition) is 1. The summed E-state index contributed by atoms with van der Waals surface area (Å²) >= 11 is 5.93. The van der Waals surface area contributed by atoms with E-state index in [0.717, 1.165) is 17.1 Å². The molecule has 1 rings (SSSR count). The van der Waals surface area contributed by atoms with Gasteiger partial charge in [-0.05, 0) is 31.7 Å². The second kappa shape index (κ2) is 4.78. The minimum Gasteiger partial charge on any atom is -0.372 e. The van der Waals surface area contributed by atoms with Crippen LogP contribution in [0.25, 0.3) is 0 Å². The molecule has 0 heterocycles. The molecule has 0 amide bonds. The van der Waals surface area contributed by atoms with Gasteiger partial charge in [-0.3, -0.25) is 0 Å². The highest BCUT2D eigenvalue weighted by atomic mass is 35.5. The number of ether oxygens (including phenoxy) is 1. The van der Waals surface area contributed by atoms with Crippen molar-refractivity contribution in [3.05, 3.63) is 34.9 Å². The van der Waals surface area contributed by atoms with Gasteiger partial charge in [-0.1, -0.05) is 23.7 Å². The lowest BCUT2D eigenvalue weighted by atomic mass is 9.96. The summed E-state index contributed by atoms with van der Waals surface area (Å²) in [7, 11) is 3.61. The van der Waals surface area contributed by atoms with E-state index < -0.39 is 0 Å². The zero-order valence-corrected chi connectivity index (χ0v) is 9.56. The molecule has 0 spiro atoms. The van der Waals surface area contributed by atoms with Crippen LogP contribution in [0.3, 0.4) is 0 Å². The first-order chi connectivity index (χ1) is 6.62. The lowest BCUT2D eigenvalue weighted by Crippen LogP contribution is -2.35. The van der Waals surface area contributed by atoms with E-state index in [0.29, 0.717) is 0 Å². The molecule has 1 aromatic carbocycles. The predicted molar refractivity (Wildman–Crippen MR) is 59.7 cm³/mol. The summed E-state index contributed by atoms with van der Waals surface area (Å²) in [6.07, 6.45) is 0. The third-order valence-corrected chi connectivity index (χ3v) is 2.63. The molecule has 0 aliphatic rings. The molecule has 1 atom stereocenters. The van der Waals surface area contributed by atoms with Crippen LogP contribution in [0.4, 0.5) is 0 Å². The van der Waals surface area contributed by atoms with Gasteiger partial charge in [0.15, 0.2) is 0 Å². The van der Waals surface area contributed by atoms with Gasteiger partial charge in [-0.15, -0.1) is 0 Å². The van der Waals surface area contributed by atoms with Gasteiger partial charge in [0.25, 0.3) is 0 Å². The van der Waals surface area contributed by atoms with Gasteiger partial charge < -0.3 is 10.1 Å². The van der Waals surface area contributed by atoms with E-state index in [1.165, 1.54) is 0 Å². The van der Waals surface area contributed by atoms with Crippen molar-refractivity contribution in [2.24, 2.45) is 0 Å². The maximum Gasteiger partial charge on any atom is 0.102 e. The van der Waals surface area contributed by atoms with Crippen LogP contribution in [0.1, 0.15) is 12.5 Å². The van der Waals surface area contributed by atoms with Crippen molar-refractivity contribution in [1.29, 1.82) is 0 Å². The molecule has 14 heavy (non-hydrogen) atoms. The Kier molecular flexibility index (Phi) is 3.93. The van der Waals surface area contributed by atoms with Crippen LogP contribution in [-0.2, 0) is 10.3 Å². The Balaban J connectivity index is 2.99. The summed E-state index contributed by atoms with van der Waals surface area (Å²) < 4.78 is 5.50. The SMILES string of the molecule is CNCC(C)(OC)c1cccc(Cl)c1. The normalized spacial score (nSPS) is 15.1. The molecule has 0 bridgehead atoms. The first-order valence-electron chi connectivity index (χ1n) is 4.58. The Morgan fingerprint density at radius 1 is 1.50 bits per heavy atom. The van der Waals surface area contributed by atoms with Crippen LogP contribution in [0.5, 0.6) is 0 Å². The molecule has 0 saturated carbocycles. The van der Waals surface area contributed by atoms with Crippen LogP contribution in [0, 0.1) is 0 Å². The molecule has 2 nitrogen and oxygen atoms in total. The van der Waals surface area contributed by atoms with Crippen molar-refractivity contribution in [3.63, 3.8) is 0 Å². The van der Waals surface area contributed by atoms with E-state index in [9.17, 15) is 0 Å². The Morgan fingerprint density at radius 3 is 2.71 bits per heavy atom. The van der Waals surface area contributed by atoms with Crippen molar-refractivity contribution >= 4 is 11.6 Å². The number of methoxy groups -OCH3 is 1. The van der Waals surface area contributed by atoms with Gasteiger partial charge in [0.05, 0.1) is 0 Å². The lowest BCUT2D eigenvalue weighted by Gasteiger charge is -2.28. The average Bonchev–Trinajstić information content (AvgIpc) is 2.18. The Bertz CT molecular complexity index is 303. The minimum absolute atomic E-state index is 0.320. The fourth-order valence-corrected chi connectivity index (χ4v) is 1.64. The van der Waals surface area contributed by atoms with E-state index in [-0.39, 0.29) is 5.60 Å². The molecule has 0 saturated heterocycles. The molecular weight excluding hydrogens is 198 g/mol. The summed E-state index contributed by atoms with van der Waals surface area (Å²) in [5.74, 6) is 0. The van der Waals surface area contributed by atoms with Crippen molar-refractivity contribution in [2.75, 3.05) is 20.7 Å². The monoisotopic (exact) mass is 213 g/mol. The van der Waals surface area contributed by atoms with Crippen LogP contribution >= 0.6 is 11.6 Å². The summed E-state index contributed by atoms with van der Waals surface area (Å²) in [5.41, 5.74) is 0.765. The third-order valence-electron chi connectivity index (χ3n) is 2.40. The summed E-state index contributed by atoms with van der Waals surface area (Å²) in [4.78, 5) is 0. The maximum atomic E-state index is 5.93. The molecule has 1 unspecified atom stereocenters. The standard InChI is InChI=1S/C11H16ClNO/c1-11(14-3,8-13-2)9-5-4-6-10(12)7-9/h4-7,13H,8H2,1-3H3. The van der Waals surface area contributed by atoms with Gasteiger partial charge in [0.1, 0.15) is 5.60 Å². The number of nitrogens with one attached hydrogen (secondary N) is 1. The molecule has 1 N–H and O–H groups in total. The smallest absolute Gasteiger partial charge is 0.102 e. The first-order valence-corrected chi connectivity index (χ1v) is 4.96. The van der Waals surface area contributed by atoms with Crippen LogP contribution in [0.2, 0.25) is 5.02 Å². The third kappa shape index (κ3) is 2.47. The first kappa shape index (κ1) is 11.5. The molecule has 3 heteroatoms. The van der Waals surface area contributed by atoms with Gasteiger partial charge in [-0.25, -0.2) is 0 Å². The van der Waals surface area contributed by atoms with Crippen molar-refractivity contribution in [1.82, 2.24) is 5.32 Å². The minimum atomic E-state index is -0.320. The molecule has 78 valence electrons. The predicted octanol–water partition coefficient (Wildman–Crippen LogP) is 2.42. The Morgan fingerprint density at radius 2 is 2.21 bits per heavy atom. The quantitative estimate of drug-likeness (QED) is 0.830. The molecule has 0 aromatic heterocycles. The second-order valence-corrected chi connectivity index (χ2v) is 3.91. The van der Waals surface area contributed by atoms with Crippen LogP contribution in [-0.4, -0.2) is 20.7 Å².